The molecule has 1 aromatic carbocycles. The second-order valence-corrected chi connectivity index (χ2v) is 14.3. The number of unbranched alkanes of at least 4 members (excludes halogenated alkanes) is 3. The normalized spacial score (nSPS) is 29.6. The Bertz CT molecular complexity index is 1540. The Morgan fingerprint density at radius 3 is 2.30 bits per heavy atom. The van der Waals surface area contributed by atoms with E-state index in [0.29, 0.717) is 6.42 Å². The lowest BCUT2D eigenvalue weighted by molar-refractivity contribution is -0.343. The van der Waals surface area contributed by atoms with Gasteiger partial charge in [0.05, 0.1) is 19.3 Å². The summed E-state index contributed by atoms with van der Waals surface area (Å²) in [7, 11) is 0. The molecule has 0 aliphatic carbocycles. The maximum atomic E-state index is 13.5. The van der Waals surface area contributed by atoms with Crippen LogP contribution in [0.1, 0.15) is 83.5 Å². The molecular weight excluding hydrogens is 748 g/mol. The van der Waals surface area contributed by atoms with Crippen molar-refractivity contribution in [3.05, 3.63) is 71.4 Å². The Morgan fingerprint density at radius 1 is 0.895 bits per heavy atom. The van der Waals surface area contributed by atoms with Gasteiger partial charge in [0, 0.05) is 23.3 Å². The minimum Gasteiger partial charge on any atom is -0.508 e. The Morgan fingerprint density at radius 2 is 1.63 bits per heavy atom. The van der Waals surface area contributed by atoms with Gasteiger partial charge in [-0.15, -0.1) is 0 Å². The third kappa shape index (κ3) is 13.4. The van der Waals surface area contributed by atoms with E-state index < -0.39 is 111 Å². The van der Waals surface area contributed by atoms with Crippen LogP contribution in [0, 0.1) is 5.92 Å². The van der Waals surface area contributed by atoms with Crippen molar-refractivity contribution in [1.82, 2.24) is 0 Å². The molecule has 12 atom stereocenters. The molecule has 0 bridgehead atoms. The van der Waals surface area contributed by atoms with Crippen molar-refractivity contribution in [2.45, 2.75) is 140 Å². The van der Waals surface area contributed by atoms with E-state index >= 15 is 0 Å². The molecule has 2 heterocycles. The number of ether oxygens (including phenoxy) is 5. The zero-order valence-electron chi connectivity index (χ0n) is 32.9. The monoisotopic (exact) mass is 808 g/mol. The highest BCUT2D eigenvalue weighted by atomic mass is 16.7. The summed E-state index contributed by atoms with van der Waals surface area (Å²) < 4.78 is 28.6. The predicted octanol–water partition coefficient (Wildman–Crippen LogP) is 2.02. The fraction of sp³-hybridized carbons (Fsp3) is 0.610. The number of allylic oxidation sites excluding steroid dienone is 5. The first-order valence-corrected chi connectivity index (χ1v) is 19.4. The van der Waals surface area contributed by atoms with Crippen LogP contribution in [0.4, 0.5) is 0 Å². The third-order valence-electron chi connectivity index (χ3n) is 10.1. The zero-order valence-corrected chi connectivity index (χ0v) is 32.9. The smallest absolute Gasteiger partial charge is 0.334 e. The van der Waals surface area contributed by atoms with Gasteiger partial charge in [-0.25, -0.2) is 9.59 Å². The Hall–Kier alpha value is -3.68. The summed E-state index contributed by atoms with van der Waals surface area (Å²) in [6.07, 6.45) is -1.90. The van der Waals surface area contributed by atoms with Gasteiger partial charge in [0.15, 0.2) is 12.4 Å². The molecule has 0 aromatic heterocycles. The average Bonchev–Trinajstić information content (AvgIpc) is 3.19. The van der Waals surface area contributed by atoms with E-state index in [0.717, 1.165) is 50.3 Å². The molecule has 16 heteroatoms. The number of hydrogen-bond acceptors (Lipinski definition) is 16. The molecule has 2 aliphatic rings. The van der Waals surface area contributed by atoms with E-state index in [4.69, 9.17) is 23.7 Å². The van der Waals surface area contributed by atoms with E-state index in [-0.39, 0.29) is 22.6 Å². The number of hydrogen-bond donors (Lipinski definition) is 9. The van der Waals surface area contributed by atoms with E-state index in [1.165, 1.54) is 19.1 Å². The summed E-state index contributed by atoms with van der Waals surface area (Å²) in [5.74, 6) is -2.70. The Balaban J connectivity index is 1.89. The molecule has 1 aromatic rings. The largest absolute Gasteiger partial charge is 0.508 e. The van der Waals surface area contributed by atoms with Crippen LogP contribution in [0.25, 0.3) is 0 Å². The number of rotatable bonds is 20. The number of aromatic hydroxyl groups is 2. The minimum absolute atomic E-state index is 0.0396. The summed E-state index contributed by atoms with van der Waals surface area (Å²) in [6, 6.07) is 2.06. The lowest BCUT2D eigenvalue weighted by Gasteiger charge is -2.47. The molecule has 320 valence electrons. The van der Waals surface area contributed by atoms with Crippen LogP contribution >= 0.6 is 0 Å². The maximum absolute atomic E-state index is 13.5. The molecule has 0 amide bonds. The van der Waals surface area contributed by atoms with Crippen molar-refractivity contribution < 1.29 is 79.2 Å². The van der Waals surface area contributed by atoms with Crippen LogP contribution in [0.15, 0.2) is 60.2 Å². The number of phenols is 2. The van der Waals surface area contributed by atoms with E-state index in [1.54, 1.807) is 18.2 Å². The van der Waals surface area contributed by atoms with E-state index in [2.05, 4.69) is 6.92 Å². The van der Waals surface area contributed by atoms with Crippen LogP contribution in [-0.2, 0) is 39.9 Å². The fourth-order valence-corrected chi connectivity index (χ4v) is 6.33. The molecule has 2 saturated heterocycles. The van der Waals surface area contributed by atoms with Crippen molar-refractivity contribution in [2.24, 2.45) is 5.92 Å². The molecule has 0 saturated carbocycles. The van der Waals surface area contributed by atoms with Crippen LogP contribution in [-0.4, -0.2) is 132 Å². The van der Waals surface area contributed by atoms with Gasteiger partial charge in [-0.2, -0.15) is 0 Å². The molecule has 2 aliphatic heterocycles. The first-order chi connectivity index (χ1) is 27.2. The molecule has 57 heavy (non-hydrogen) atoms. The van der Waals surface area contributed by atoms with Gasteiger partial charge in [-0.3, -0.25) is 0 Å². The standard InChI is InChI=1S/C41H60O16/c1-5-7-8-9-10-11-12-17-31(47)53-22-30-33(48)34(49)35(50)41(55-30)57-37-29(21-43)54-38(32-25(20-42)18-26(44)19-28(32)46)36(51)39(37)56-40(52)24(4)15-13-14-16-27(45)23(3)6-2/h10-15,17-19,23,27,29-30,33-39,41-46,48-51H,5-9,16,20-22H2,1-4H3/b11-10-,14-13+,17-12+,24-15+/t23?,27?,29-,30-,33?,34+,35-,36?,37-,38+,39?,41?/m1/s1. The van der Waals surface area contributed by atoms with E-state index in [9.17, 15) is 55.5 Å². The summed E-state index contributed by atoms with van der Waals surface area (Å²) in [5, 5.41) is 95.7. The second kappa shape index (κ2) is 23.7. The molecule has 2 fully saturated rings. The van der Waals surface area contributed by atoms with Crippen LogP contribution in [0.3, 0.4) is 0 Å². The molecule has 9 N–H and O–H groups in total. The van der Waals surface area contributed by atoms with Crippen LogP contribution < -0.4 is 0 Å². The summed E-state index contributed by atoms with van der Waals surface area (Å²) >= 11 is 0. The molecule has 16 nitrogen and oxygen atoms in total. The molecule has 3 rings (SSSR count). The highest BCUT2D eigenvalue weighted by molar-refractivity contribution is 5.88. The lowest BCUT2D eigenvalue weighted by atomic mass is 9.88. The lowest BCUT2D eigenvalue weighted by Crippen LogP contribution is -2.64. The van der Waals surface area contributed by atoms with E-state index in [1.807, 2.05) is 19.9 Å². The number of esters is 2. The Kier molecular flexibility index (Phi) is 19.8. The topological polar surface area (TPSA) is 262 Å². The average molecular weight is 809 g/mol. The first kappa shape index (κ1) is 47.7. The molecule has 0 radical (unpaired) electrons. The molecular formula is C41H60O16. The van der Waals surface area contributed by atoms with Gasteiger partial charge in [0.1, 0.15) is 66.9 Å². The quantitative estimate of drug-likeness (QED) is 0.0395. The first-order valence-electron chi connectivity index (χ1n) is 19.4. The SMILES string of the molecule is CCCCC/C=C\C=C\C(=O)OC[C@H]1OC(O[C@H]2C(OC(=O)/C(C)=C/C=C/CC(O)C(C)CC)C(O)[C@H](c3c(O)cc(O)cc3CO)O[C@@H]2CO)[C@H](O)[C@@H](O)C1O. The summed E-state index contributed by atoms with van der Waals surface area (Å²) in [4.78, 5) is 25.9. The van der Waals surface area contributed by atoms with Crippen molar-refractivity contribution in [2.75, 3.05) is 13.2 Å². The summed E-state index contributed by atoms with van der Waals surface area (Å²) in [5.41, 5.74) is -0.208. The van der Waals surface area contributed by atoms with Gasteiger partial charge < -0.3 is 69.6 Å². The Labute approximate surface area is 332 Å². The predicted molar refractivity (Wildman–Crippen MR) is 204 cm³/mol. The highest BCUT2D eigenvalue weighted by Gasteiger charge is 2.53. The van der Waals surface area contributed by atoms with Gasteiger partial charge >= 0.3 is 11.9 Å². The van der Waals surface area contributed by atoms with Crippen LogP contribution in [0.5, 0.6) is 11.5 Å². The molecule has 6 unspecified atom stereocenters. The number of carbonyl (C=O) groups excluding carboxylic acids is 2. The van der Waals surface area contributed by atoms with Crippen LogP contribution in [0.2, 0.25) is 0 Å². The van der Waals surface area contributed by atoms with Crippen molar-refractivity contribution in [1.29, 1.82) is 0 Å². The number of phenolic OH excluding ortho intramolecular Hbond substituents is 2. The van der Waals surface area contributed by atoms with Gasteiger partial charge in [-0.1, -0.05) is 76.5 Å². The summed E-state index contributed by atoms with van der Waals surface area (Å²) in [6.45, 7) is 5.21. The van der Waals surface area contributed by atoms with Gasteiger partial charge in [0.2, 0.25) is 0 Å². The zero-order chi connectivity index (χ0) is 42.2. The number of aliphatic hydroxyl groups excluding tert-OH is 7. The van der Waals surface area contributed by atoms with Crippen molar-refractivity contribution in [3.63, 3.8) is 0 Å². The van der Waals surface area contributed by atoms with Crippen molar-refractivity contribution in [3.8, 4) is 11.5 Å². The maximum Gasteiger partial charge on any atom is 0.334 e. The number of benzene rings is 1. The fourth-order valence-electron chi connectivity index (χ4n) is 6.33. The molecule has 0 spiro atoms. The second-order valence-electron chi connectivity index (χ2n) is 14.3. The highest BCUT2D eigenvalue weighted by Crippen LogP contribution is 2.42. The van der Waals surface area contributed by atoms with Gasteiger partial charge in [-0.05, 0) is 43.7 Å². The third-order valence-corrected chi connectivity index (χ3v) is 10.1. The van der Waals surface area contributed by atoms with Gasteiger partial charge in [0.25, 0.3) is 0 Å². The minimum atomic E-state index is -1.95. The number of aliphatic hydroxyl groups is 7. The number of carbonyl (C=O) groups is 2. The van der Waals surface area contributed by atoms with Crippen molar-refractivity contribution >= 4 is 11.9 Å².